The summed E-state index contributed by atoms with van der Waals surface area (Å²) in [6, 6.07) is 12.5. The third kappa shape index (κ3) is 2.82. The third-order valence-corrected chi connectivity index (χ3v) is 4.53. The lowest BCUT2D eigenvalue weighted by Gasteiger charge is -2.30. The summed E-state index contributed by atoms with van der Waals surface area (Å²) in [6.45, 7) is 0. The predicted molar refractivity (Wildman–Crippen MR) is 83.6 cm³/mol. The van der Waals surface area contributed by atoms with Gasteiger partial charge in [0.25, 0.3) is 0 Å². The van der Waals surface area contributed by atoms with Gasteiger partial charge >= 0.3 is 0 Å². The molecule has 0 spiro atoms. The van der Waals surface area contributed by atoms with Crippen molar-refractivity contribution < 1.29 is 4.39 Å². The Morgan fingerprint density at radius 2 is 1.90 bits per heavy atom. The number of hydrazine groups is 1. The number of hydrogen-bond donors (Lipinski definition) is 2. The number of benzene rings is 2. The van der Waals surface area contributed by atoms with Crippen molar-refractivity contribution in [2.75, 3.05) is 0 Å². The first kappa shape index (κ1) is 14.5. The van der Waals surface area contributed by atoms with Crippen LogP contribution in [0, 0.1) is 5.82 Å². The summed E-state index contributed by atoms with van der Waals surface area (Å²) in [7, 11) is 0. The van der Waals surface area contributed by atoms with Crippen molar-refractivity contribution in [2.45, 2.75) is 31.2 Å². The van der Waals surface area contributed by atoms with Gasteiger partial charge in [-0.1, -0.05) is 48.4 Å². The van der Waals surface area contributed by atoms with E-state index in [0.717, 1.165) is 5.56 Å². The minimum absolute atomic E-state index is 0.339. The first-order valence-corrected chi connectivity index (χ1v) is 7.58. The van der Waals surface area contributed by atoms with Crippen LogP contribution in [-0.4, -0.2) is 0 Å². The highest BCUT2D eigenvalue weighted by atomic mass is 35.5. The molecule has 4 heteroatoms. The van der Waals surface area contributed by atoms with Gasteiger partial charge in [-0.25, -0.2) is 9.82 Å². The molecule has 0 heterocycles. The summed E-state index contributed by atoms with van der Waals surface area (Å²) in [5.74, 6) is 5.95. The van der Waals surface area contributed by atoms with E-state index in [0.29, 0.717) is 16.5 Å². The van der Waals surface area contributed by atoms with Crippen LogP contribution < -0.4 is 11.3 Å². The second kappa shape index (κ2) is 6.14. The topological polar surface area (TPSA) is 38.0 Å². The lowest BCUT2D eigenvalue weighted by atomic mass is 9.76. The van der Waals surface area contributed by atoms with Crippen LogP contribution in [0.3, 0.4) is 0 Å². The zero-order valence-electron chi connectivity index (χ0n) is 11.7. The van der Waals surface area contributed by atoms with Gasteiger partial charge in [-0.2, -0.15) is 0 Å². The lowest BCUT2D eigenvalue weighted by molar-refractivity contribution is 0.413. The summed E-state index contributed by atoms with van der Waals surface area (Å²) in [4.78, 5) is 0. The van der Waals surface area contributed by atoms with Crippen molar-refractivity contribution >= 4 is 11.6 Å². The molecule has 1 aliphatic rings. The van der Waals surface area contributed by atoms with Crippen molar-refractivity contribution in [2.24, 2.45) is 5.84 Å². The number of hydrogen-bond acceptors (Lipinski definition) is 2. The van der Waals surface area contributed by atoms with Gasteiger partial charge in [0.1, 0.15) is 5.82 Å². The fourth-order valence-corrected chi connectivity index (χ4v) is 3.11. The predicted octanol–water partition coefficient (Wildman–Crippen LogP) is 4.30. The number of halogens is 2. The quantitative estimate of drug-likeness (QED) is 0.653. The van der Waals surface area contributed by atoms with Crippen molar-refractivity contribution in [3.63, 3.8) is 0 Å². The van der Waals surface area contributed by atoms with Crippen LogP contribution in [0.2, 0.25) is 5.02 Å². The zero-order valence-corrected chi connectivity index (χ0v) is 12.4. The first-order valence-electron chi connectivity index (χ1n) is 7.20. The summed E-state index contributed by atoms with van der Waals surface area (Å²) in [5, 5.41) is 0.388. The molecule has 0 aromatic heterocycles. The van der Waals surface area contributed by atoms with Crippen molar-refractivity contribution in [1.29, 1.82) is 0 Å². The molecule has 2 nitrogen and oxygen atoms in total. The minimum atomic E-state index is -0.362. The van der Waals surface area contributed by atoms with Crippen LogP contribution in [0.5, 0.6) is 0 Å². The van der Waals surface area contributed by atoms with E-state index < -0.39 is 0 Å². The molecule has 3 N–H and O–H groups in total. The lowest BCUT2D eigenvalue weighted by Crippen LogP contribution is -2.31. The molecule has 110 valence electrons. The molecule has 0 amide bonds. The standard InChI is InChI=1S/C17H18ClFN2/c18-12-8-9-15(16(19)10-12)17(21-20)14-7-2-1-6-13(14)11-4-3-5-11/h1-2,6-11,17,21H,3-5,20H2. The SMILES string of the molecule is NNC(c1ccc(Cl)cc1F)c1ccccc1C1CCC1. The van der Waals surface area contributed by atoms with Gasteiger partial charge in [-0.15, -0.1) is 0 Å². The van der Waals surface area contributed by atoms with Gasteiger partial charge in [0.15, 0.2) is 0 Å². The monoisotopic (exact) mass is 304 g/mol. The van der Waals surface area contributed by atoms with E-state index in [2.05, 4.69) is 11.5 Å². The average molecular weight is 305 g/mol. The Morgan fingerprint density at radius 3 is 2.52 bits per heavy atom. The largest absolute Gasteiger partial charge is 0.271 e. The molecule has 2 aromatic rings. The van der Waals surface area contributed by atoms with Gasteiger partial charge in [0.2, 0.25) is 0 Å². The smallest absolute Gasteiger partial charge is 0.129 e. The highest BCUT2D eigenvalue weighted by molar-refractivity contribution is 6.30. The number of nitrogens with one attached hydrogen (secondary N) is 1. The number of rotatable bonds is 4. The fraction of sp³-hybridized carbons (Fsp3) is 0.294. The van der Waals surface area contributed by atoms with Gasteiger partial charge < -0.3 is 0 Å². The third-order valence-electron chi connectivity index (χ3n) is 4.29. The molecule has 2 aromatic carbocycles. The Morgan fingerprint density at radius 1 is 1.14 bits per heavy atom. The van der Waals surface area contributed by atoms with E-state index >= 15 is 0 Å². The van der Waals surface area contributed by atoms with E-state index in [9.17, 15) is 4.39 Å². The molecule has 1 atom stereocenters. The molecular formula is C17H18ClFN2. The molecule has 0 saturated heterocycles. The van der Waals surface area contributed by atoms with Crippen molar-refractivity contribution in [3.8, 4) is 0 Å². The summed E-state index contributed by atoms with van der Waals surface area (Å²) < 4.78 is 14.2. The van der Waals surface area contributed by atoms with Crippen molar-refractivity contribution in [3.05, 3.63) is 70.0 Å². The van der Waals surface area contributed by atoms with Crippen LogP contribution in [0.15, 0.2) is 42.5 Å². The van der Waals surface area contributed by atoms with Crippen LogP contribution in [-0.2, 0) is 0 Å². The van der Waals surface area contributed by atoms with Crippen LogP contribution in [0.4, 0.5) is 4.39 Å². The molecule has 21 heavy (non-hydrogen) atoms. The molecule has 1 saturated carbocycles. The van der Waals surface area contributed by atoms with E-state index in [4.69, 9.17) is 17.4 Å². The minimum Gasteiger partial charge on any atom is -0.271 e. The maximum absolute atomic E-state index is 14.2. The van der Waals surface area contributed by atoms with Gasteiger partial charge in [-0.05, 0) is 42.0 Å². The van der Waals surface area contributed by atoms with Crippen LogP contribution >= 0.6 is 11.6 Å². The average Bonchev–Trinajstić information content (AvgIpc) is 2.41. The van der Waals surface area contributed by atoms with Gasteiger partial charge in [0, 0.05) is 10.6 Å². The van der Waals surface area contributed by atoms with E-state index in [-0.39, 0.29) is 11.9 Å². The molecule has 0 bridgehead atoms. The second-order valence-corrected chi connectivity index (χ2v) is 5.96. The zero-order chi connectivity index (χ0) is 14.8. The van der Waals surface area contributed by atoms with Gasteiger partial charge in [-0.3, -0.25) is 5.84 Å². The van der Waals surface area contributed by atoms with Crippen LogP contribution in [0.25, 0.3) is 0 Å². The van der Waals surface area contributed by atoms with E-state index in [1.165, 1.54) is 30.9 Å². The molecule has 1 fully saturated rings. The fourth-order valence-electron chi connectivity index (χ4n) is 2.95. The Hall–Kier alpha value is -1.42. The van der Waals surface area contributed by atoms with E-state index in [1.54, 1.807) is 12.1 Å². The maximum atomic E-state index is 14.2. The van der Waals surface area contributed by atoms with E-state index in [1.807, 2.05) is 18.2 Å². The second-order valence-electron chi connectivity index (χ2n) is 5.52. The Balaban J connectivity index is 2.03. The normalized spacial score (nSPS) is 16.5. The summed E-state index contributed by atoms with van der Waals surface area (Å²) >= 11 is 5.83. The Kier molecular flexibility index (Phi) is 4.24. The van der Waals surface area contributed by atoms with Gasteiger partial charge in [0.05, 0.1) is 6.04 Å². The summed E-state index contributed by atoms with van der Waals surface area (Å²) in [6.07, 6.45) is 3.64. The highest BCUT2D eigenvalue weighted by Crippen LogP contribution is 2.40. The Bertz CT molecular complexity index is 640. The molecule has 3 rings (SSSR count). The maximum Gasteiger partial charge on any atom is 0.129 e. The molecule has 0 radical (unpaired) electrons. The Labute approximate surface area is 129 Å². The molecular weight excluding hydrogens is 287 g/mol. The molecule has 1 aliphatic carbocycles. The summed E-state index contributed by atoms with van der Waals surface area (Å²) in [5.41, 5.74) is 5.59. The van der Waals surface area contributed by atoms with Crippen LogP contribution in [0.1, 0.15) is 47.9 Å². The number of nitrogens with two attached hydrogens (primary N) is 1. The molecule has 0 aliphatic heterocycles. The first-order chi connectivity index (χ1) is 10.2. The van der Waals surface area contributed by atoms with Crippen molar-refractivity contribution in [1.82, 2.24) is 5.43 Å². The molecule has 1 unspecified atom stereocenters. The highest BCUT2D eigenvalue weighted by Gasteiger charge is 2.26.